The quantitative estimate of drug-likeness (QED) is 0.467. The molecule has 14 heavy (non-hydrogen) atoms. The molecule has 0 saturated heterocycles. The fourth-order valence-corrected chi connectivity index (χ4v) is 1.49. The van der Waals surface area contributed by atoms with Crippen molar-refractivity contribution in [2.45, 2.75) is 6.42 Å². The van der Waals surface area contributed by atoms with E-state index >= 15 is 0 Å². The van der Waals surface area contributed by atoms with E-state index in [0.717, 1.165) is 12.1 Å². The van der Waals surface area contributed by atoms with Crippen LogP contribution in [0.1, 0.15) is 5.56 Å². The zero-order valence-electron chi connectivity index (χ0n) is 7.06. The van der Waals surface area contributed by atoms with Crippen LogP contribution in [-0.4, -0.2) is 12.6 Å². The molecule has 0 aliphatic carbocycles. The van der Waals surface area contributed by atoms with Gasteiger partial charge in [0.15, 0.2) is 11.6 Å². The van der Waals surface area contributed by atoms with E-state index in [2.05, 4.69) is 20.9 Å². The van der Waals surface area contributed by atoms with Crippen molar-refractivity contribution >= 4 is 22.0 Å². The smallest absolute Gasteiger partial charge is 0.211 e. The number of halogens is 3. The molecule has 0 aliphatic heterocycles. The second kappa shape index (κ2) is 4.98. The summed E-state index contributed by atoms with van der Waals surface area (Å²) < 4.78 is 25.9. The molecular weight excluding hydrogens is 256 g/mol. The zero-order valence-corrected chi connectivity index (χ0v) is 8.64. The SMILES string of the molecule is O=C=NCCc1cc(F)c(F)cc1Br. The number of hydrogen-bond acceptors (Lipinski definition) is 2. The van der Waals surface area contributed by atoms with Crippen molar-refractivity contribution in [3.05, 3.63) is 33.8 Å². The second-order valence-corrected chi connectivity index (χ2v) is 3.44. The van der Waals surface area contributed by atoms with Crippen LogP contribution in [0.15, 0.2) is 21.6 Å². The molecule has 0 spiro atoms. The topological polar surface area (TPSA) is 29.4 Å². The predicted molar refractivity (Wildman–Crippen MR) is 50.8 cm³/mol. The molecule has 5 heteroatoms. The lowest BCUT2D eigenvalue weighted by atomic mass is 10.1. The third-order valence-electron chi connectivity index (χ3n) is 1.65. The van der Waals surface area contributed by atoms with Crippen LogP contribution in [0, 0.1) is 11.6 Å². The molecular formula is C9H6BrF2NO. The predicted octanol–water partition coefficient (Wildman–Crippen LogP) is 2.61. The summed E-state index contributed by atoms with van der Waals surface area (Å²) in [4.78, 5) is 13.1. The summed E-state index contributed by atoms with van der Waals surface area (Å²) in [6, 6.07) is 2.13. The molecule has 0 amide bonds. The van der Waals surface area contributed by atoms with Gasteiger partial charge in [-0.3, -0.25) is 0 Å². The maximum atomic E-state index is 12.8. The summed E-state index contributed by atoms with van der Waals surface area (Å²) in [5, 5.41) is 0. The first-order valence-electron chi connectivity index (χ1n) is 3.82. The Morgan fingerprint density at radius 2 is 2.00 bits per heavy atom. The Kier molecular flexibility index (Phi) is 3.92. The van der Waals surface area contributed by atoms with Crippen molar-refractivity contribution in [2.24, 2.45) is 4.99 Å². The number of rotatable bonds is 3. The van der Waals surface area contributed by atoms with E-state index < -0.39 is 11.6 Å². The van der Waals surface area contributed by atoms with E-state index in [1.54, 1.807) is 0 Å². The number of hydrogen-bond donors (Lipinski definition) is 0. The van der Waals surface area contributed by atoms with Crippen LogP contribution in [0.2, 0.25) is 0 Å². The Bertz CT molecular complexity index is 389. The molecule has 0 N–H and O–H groups in total. The largest absolute Gasteiger partial charge is 0.234 e. The van der Waals surface area contributed by atoms with Gasteiger partial charge in [-0.05, 0) is 24.1 Å². The lowest BCUT2D eigenvalue weighted by molar-refractivity contribution is 0.506. The number of isocyanates is 1. The van der Waals surface area contributed by atoms with Gasteiger partial charge in [0.25, 0.3) is 0 Å². The summed E-state index contributed by atoms with van der Waals surface area (Å²) in [6.07, 6.45) is 1.74. The minimum atomic E-state index is -0.904. The van der Waals surface area contributed by atoms with Crippen LogP contribution in [0.4, 0.5) is 8.78 Å². The Hall–Kier alpha value is -1.06. The van der Waals surface area contributed by atoms with E-state index in [9.17, 15) is 13.6 Å². The lowest BCUT2D eigenvalue weighted by Gasteiger charge is -2.02. The van der Waals surface area contributed by atoms with Gasteiger partial charge in [-0.1, -0.05) is 15.9 Å². The normalized spacial score (nSPS) is 9.64. The van der Waals surface area contributed by atoms with Gasteiger partial charge >= 0.3 is 0 Å². The maximum absolute atomic E-state index is 12.8. The first-order chi connectivity index (χ1) is 6.65. The summed E-state index contributed by atoms with van der Waals surface area (Å²) in [6.45, 7) is 0.215. The van der Waals surface area contributed by atoms with Crippen molar-refractivity contribution in [3.8, 4) is 0 Å². The average molecular weight is 262 g/mol. The molecule has 0 bridgehead atoms. The fraction of sp³-hybridized carbons (Fsp3) is 0.222. The Labute approximate surface area is 87.8 Å². The minimum Gasteiger partial charge on any atom is -0.211 e. The van der Waals surface area contributed by atoms with E-state index in [4.69, 9.17) is 0 Å². The number of aliphatic imine (C=N–C) groups is 1. The van der Waals surface area contributed by atoms with Gasteiger partial charge in [0, 0.05) is 4.47 Å². The van der Waals surface area contributed by atoms with Crippen LogP contribution in [0.3, 0.4) is 0 Å². The van der Waals surface area contributed by atoms with Gasteiger partial charge in [-0.2, -0.15) is 0 Å². The molecule has 0 heterocycles. The van der Waals surface area contributed by atoms with Crippen LogP contribution in [0.25, 0.3) is 0 Å². The van der Waals surface area contributed by atoms with Crippen molar-refractivity contribution in [3.63, 3.8) is 0 Å². The Morgan fingerprint density at radius 1 is 1.36 bits per heavy atom. The molecule has 0 atom stereocenters. The van der Waals surface area contributed by atoms with Crippen molar-refractivity contribution in [1.29, 1.82) is 0 Å². The van der Waals surface area contributed by atoms with Gasteiger partial charge in [0.1, 0.15) is 0 Å². The van der Waals surface area contributed by atoms with Crippen molar-refractivity contribution < 1.29 is 13.6 Å². The van der Waals surface area contributed by atoms with Gasteiger partial charge < -0.3 is 0 Å². The first-order valence-corrected chi connectivity index (χ1v) is 4.61. The molecule has 0 aliphatic rings. The van der Waals surface area contributed by atoms with Gasteiger partial charge in [0.2, 0.25) is 6.08 Å². The molecule has 1 aromatic carbocycles. The summed E-state index contributed by atoms with van der Waals surface area (Å²) >= 11 is 3.09. The van der Waals surface area contributed by atoms with Crippen LogP contribution >= 0.6 is 15.9 Å². The zero-order chi connectivity index (χ0) is 10.6. The number of nitrogens with zero attached hydrogens (tertiary/aromatic N) is 1. The van der Waals surface area contributed by atoms with Crippen LogP contribution in [-0.2, 0) is 11.2 Å². The van der Waals surface area contributed by atoms with Crippen molar-refractivity contribution in [1.82, 2.24) is 0 Å². The summed E-state index contributed by atoms with van der Waals surface area (Å²) in [5.41, 5.74) is 0.572. The highest BCUT2D eigenvalue weighted by Gasteiger charge is 2.07. The fourth-order valence-electron chi connectivity index (χ4n) is 0.977. The second-order valence-electron chi connectivity index (χ2n) is 2.58. The molecule has 0 unspecified atom stereocenters. The third kappa shape index (κ3) is 2.72. The average Bonchev–Trinajstić information content (AvgIpc) is 2.14. The Morgan fingerprint density at radius 3 is 2.64 bits per heavy atom. The van der Waals surface area contributed by atoms with E-state index in [0.29, 0.717) is 16.5 Å². The van der Waals surface area contributed by atoms with Crippen molar-refractivity contribution in [2.75, 3.05) is 6.54 Å². The van der Waals surface area contributed by atoms with Gasteiger partial charge in [-0.15, -0.1) is 0 Å². The number of carbonyl (C=O) groups excluding carboxylic acids is 1. The van der Waals surface area contributed by atoms with E-state index in [-0.39, 0.29) is 6.54 Å². The molecule has 1 rings (SSSR count). The van der Waals surface area contributed by atoms with Crippen LogP contribution in [0.5, 0.6) is 0 Å². The van der Waals surface area contributed by atoms with Crippen LogP contribution < -0.4 is 0 Å². The highest BCUT2D eigenvalue weighted by molar-refractivity contribution is 9.10. The molecule has 0 saturated carbocycles. The summed E-state index contributed by atoms with van der Waals surface area (Å²) in [5.74, 6) is -1.81. The molecule has 2 nitrogen and oxygen atoms in total. The standard InChI is InChI=1S/C9H6BrF2NO/c10-7-4-9(12)8(11)3-6(7)1-2-13-5-14/h3-4H,1-2H2. The third-order valence-corrected chi connectivity index (χ3v) is 2.39. The number of benzene rings is 1. The Balaban J connectivity index is 2.86. The van der Waals surface area contributed by atoms with E-state index in [1.165, 1.54) is 6.08 Å². The lowest BCUT2D eigenvalue weighted by Crippen LogP contribution is -1.94. The highest BCUT2D eigenvalue weighted by Crippen LogP contribution is 2.20. The van der Waals surface area contributed by atoms with E-state index in [1.807, 2.05) is 0 Å². The monoisotopic (exact) mass is 261 g/mol. The highest BCUT2D eigenvalue weighted by atomic mass is 79.9. The molecule has 0 fully saturated rings. The van der Waals surface area contributed by atoms with Gasteiger partial charge in [0.05, 0.1) is 6.54 Å². The molecule has 0 radical (unpaired) electrons. The minimum absolute atomic E-state index is 0.215. The molecule has 74 valence electrons. The summed E-state index contributed by atoms with van der Waals surface area (Å²) in [7, 11) is 0. The molecule has 0 aromatic heterocycles. The first kappa shape index (κ1) is 11.0. The van der Waals surface area contributed by atoms with Gasteiger partial charge in [-0.25, -0.2) is 18.6 Å². The molecule has 1 aromatic rings. The maximum Gasteiger partial charge on any atom is 0.234 e.